The lowest BCUT2D eigenvalue weighted by atomic mass is 10.1. The number of carbonyl (C=O) groups excluding carboxylic acids is 1. The number of halogens is 3. The van der Waals surface area contributed by atoms with E-state index in [1.54, 1.807) is 6.07 Å². The highest BCUT2D eigenvalue weighted by Crippen LogP contribution is 2.40. The molecular weight excluding hydrogens is 311 g/mol. The molecule has 8 heteroatoms. The Kier molecular flexibility index (Phi) is 4.12. The smallest absolute Gasteiger partial charge is 0.360 e. The quantitative estimate of drug-likeness (QED) is 0.921. The summed E-state index contributed by atoms with van der Waals surface area (Å²) in [7, 11) is 0. The van der Waals surface area contributed by atoms with Gasteiger partial charge in [0, 0.05) is 31.1 Å². The van der Waals surface area contributed by atoms with Crippen LogP contribution in [-0.2, 0) is 0 Å². The first-order valence-electron chi connectivity index (χ1n) is 7.84. The molecule has 2 heterocycles. The lowest BCUT2D eigenvalue weighted by molar-refractivity contribution is -0.176. The molecule has 1 aromatic heterocycles. The van der Waals surface area contributed by atoms with Gasteiger partial charge >= 0.3 is 6.18 Å². The summed E-state index contributed by atoms with van der Waals surface area (Å²) in [5.74, 6) is 0.622. The summed E-state index contributed by atoms with van der Waals surface area (Å²) >= 11 is 0. The zero-order valence-corrected chi connectivity index (χ0v) is 13.1. The zero-order chi connectivity index (χ0) is 16.8. The Hall–Kier alpha value is -1.57. The van der Waals surface area contributed by atoms with Crippen LogP contribution in [0.2, 0.25) is 0 Å². The number of nitrogens with one attached hydrogen (secondary N) is 1. The van der Waals surface area contributed by atoms with E-state index < -0.39 is 12.2 Å². The first kappa shape index (κ1) is 16.3. The van der Waals surface area contributed by atoms with Crippen molar-refractivity contribution in [1.82, 2.24) is 15.4 Å². The largest absolute Gasteiger partial charge is 0.403 e. The Morgan fingerprint density at radius 3 is 2.74 bits per heavy atom. The van der Waals surface area contributed by atoms with Crippen molar-refractivity contribution in [3.8, 4) is 0 Å². The molecule has 1 saturated carbocycles. The van der Waals surface area contributed by atoms with E-state index in [1.807, 2.05) is 6.92 Å². The minimum Gasteiger partial charge on any atom is -0.360 e. The van der Waals surface area contributed by atoms with Crippen LogP contribution in [0.1, 0.15) is 48.9 Å². The third-order valence-corrected chi connectivity index (χ3v) is 4.72. The molecule has 0 spiro atoms. The summed E-state index contributed by atoms with van der Waals surface area (Å²) in [5, 5.41) is 6.54. The van der Waals surface area contributed by atoms with Crippen LogP contribution in [0.5, 0.6) is 0 Å². The van der Waals surface area contributed by atoms with E-state index in [2.05, 4.69) is 10.5 Å². The summed E-state index contributed by atoms with van der Waals surface area (Å²) in [6.07, 6.45) is -2.18. The topological polar surface area (TPSA) is 58.4 Å². The third kappa shape index (κ3) is 3.52. The van der Waals surface area contributed by atoms with E-state index in [9.17, 15) is 18.0 Å². The SMILES string of the molecule is CC(N1C[C@H](NC(=O)c2cc(C3CC3)on2)[C@@H](C)C1)C(F)(F)F. The molecule has 2 fully saturated rings. The molecule has 1 saturated heterocycles. The van der Waals surface area contributed by atoms with Gasteiger partial charge in [0.2, 0.25) is 0 Å². The van der Waals surface area contributed by atoms with Crippen LogP contribution in [0.25, 0.3) is 0 Å². The number of amides is 1. The maximum Gasteiger partial charge on any atom is 0.403 e. The maximum absolute atomic E-state index is 12.8. The van der Waals surface area contributed by atoms with Gasteiger partial charge in [-0.3, -0.25) is 9.69 Å². The number of hydrogen-bond donors (Lipinski definition) is 1. The molecule has 1 N–H and O–H groups in total. The molecule has 23 heavy (non-hydrogen) atoms. The molecule has 0 aromatic carbocycles. The predicted octanol–water partition coefficient (Wildman–Crippen LogP) is 2.55. The molecule has 0 radical (unpaired) electrons. The fourth-order valence-corrected chi connectivity index (χ4v) is 2.91. The molecule has 1 aliphatic heterocycles. The van der Waals surface area contributed by atoms with Crippen molar-refractivity contribution in [3.63, 3.8) is 0 Å². The minimum absolute atomic E-state index is 0.0569. The lowest BCUT2D eigenvalue weighted by Crippen LogP contribution is -2.44. The monoisotopic (exact) mass is 331 g/mol. The number of carbonyl (C=O) groups is 1. The van der Waals surface area contributed by atoms with E-state index in [0.717, 1.165) is 19.8 Å². The molecule has 2 aliphatic rings. The Bertz CT molecular complexity index is 583. The van der Waals surface area contributed by atoms with Crippen molar-refractivity contribution >= 4 is 5.91 Å². The molecule has 3 rings (SSSR count). The highest BCUT2D eigenvalue weighted by atomic mass is 19.4. The fourth-order valence-electron chi connectivity index (χ4n) is 2.91. The first-order valence-corrected chi connectivity index (χ1v) is 7.84. The number of rotatable bonds is 4. The van der Waals surface area contributed by atoms with E-state index in [4.69, 9.17) is 4.52 Å². The number of hydrogen-bond acceptors (Lipinski definition) is 4. The number of likely N-dealkylation sites (tertiary alicyclic amines) is 1. The van der Waals surface area contributed by atoms with Crippen molar-refractivity contribution in [2.75, 3.05) is 13.1 Å². The molecule has 0 bridgehead atoms. The Morgan fingerprint density at radius 2 is 2.13 bits per heavy atom. The second-order valence-corrected chi connectivity index (χ2v) is 6.62. The van der Waals surface area contributed by atoms with Crippen molar-refractivity contribution in [2.24, 2.45) is 5.92 Å². The van der Waals surface area contributed by atoms with Gasteiger partial charge < -0.3 is 9.84 Å². The van der Waals surface area contributed by atoms with E-state index in [-0.39, 0.29) is 30.1 Å². The summed E-state index contributed by atoms with van der Waals surface area (Å²) in [5.41, 5.74) is 0.196. The van der Waals surface area contributed by atoms with Crippen molar-refractivity contribution in [3.05, 3.63) is 17.5 Å². The van der Waals surface area contributed by atoms with Crippen molar-refractivity contribution in [2.45, 2.75) is 50.9 Å². The molecule has 3 atom stereocenters. The summed E-state index contributed by atoms with van der Waals surface area (Å²) < 4.78 is 43.6. The normalized spacial score (nSPS) is 27.2. The van der Waals surface area contributed by atoms with E-state index >= 15 is 0 Å². The van der Waals surface area contributed by atoms with Gasteiger partial charge in [0.25, 0.3) is 5.91 Å². The van der Waals surface area contributed by atoms with Crippen LogP contribution in [0.3, 0.4) is 0 Å². The average molecular weight is 331 g/mol. The Labute approximate surface area is 132 Å². The second kappa shape index (κ2) is 5.81. The molecular formula is C15H20F3N3O2. The van der Waals surface area contributed by atoms with Gasteiger partial charge in [-0.2, -0.15) is 13.2 Å². The average Bonchev–Trinajstić information content (AvgIpc) is 3.09. The summed E-state index contributed by atoms with van der Waals surface area (Å²) in [4.78, 5) is 13.6. The van der Waals surface area contributed by atoms with Crippen molar-refractivity contribution < 1.29 is 22.5 Å². The van der Waals surface area contributed by atoms with Crippen LogP contribution in [0, 0.1) is 5.92 Å². The molecule has 1 aromatic rings. The minimum atomic E-state index is -4.26. The van der Waals surface area contributed by atoms with Crippen molar-refractivity contribution in [1.29, 1.82) is 0 Å². The van der Waals surface area contributed by atoms with Crippen LogP contribution < -0.4 is 5.32 Å². The lowest BCUT2D eigenvalue weighted by Gasteiger charge is -2.26. The Morgan fingerprint density at radius 1 is 1.43 bits per heavy atom. The molecule has 1 unspecified atom stereocenters. The van der Waals surface area contributed by atoms with E-state index in [1.165, 1.54) is 4.90 Å². The molecule has 1 amide bonds. The van der Waals surface area contributed by atoms with Crippen LogP contribution in [-0.4, -0.2) is 47.3 Å². The third-order valence-electron chi connectivity index (χ3n) is 4.72. The van der Waals surface area contributed by atoms with Gasteiger partial charge in [-0.15, -0.1) is 0 Å². The predicted molar refractivity (Wildman–Crippen MR) is 76.0 cm³/mol. The van der Waals surface area contributed by atoms with Gasteiger partial charge in [0.15, 0.2) is 5.69 Å². The summed E-state index contributed by atoms with van der Waals surface area (Å²) in [6.45, 7) is 3.47. The zero-order valence-electron chi connectivity index (χ0n) is 13.1. The molecule has 5 nitrogen and oxygen atoms in total. The fraction of sp³-hybridized carbons (Fsp3) is 0.733. The highest BCUT2D eigenvalue weighted by Gasteiger charge is 2.44. The van der Waals surface area contributed by atoms with Gasteiger partial charge in [0.1, 0.15) is 11.8 Å². The van der Waals surface area contributed by atoms with E-state index in [0.29, 0.717) is 18.2 Å². The molecule has 128 valence electrons. The molecule has 1 aliphatic carbocycles. The first-order chi connectivity index (χ1) is 10.8. The highest BCUT2D eigenvalue weighted by molar-refractivity contribution is 5.92. The van der Waals surface area contributed by atoms with Crippen LogP contribution >= 0.6 is 0 Å². The Balaban J connectivity index is 1.59. The number of alkyl halides is 3. The standard InChI is InChI=1S/C15H20F3N3O2/c1-8-6-21(9(2)15(16,17)18)7-12(8)19-14(22)11-5-13(23-20-11)10-3-4-10/h5,8-10,12H,3-4,6-7H2,1-2H3,(H,19,22)/t8-,9?,12-/m0/s1. The van der Waals surface area contributed by atoms with Gasteiger partial charge in [-0.1, -0.05) is 12.1 Å². The van der Waals surface area contributed by atoms with Gasteiger partial charge in [-0.25, -0.2) is 0 Å². The second-order valence-electron chi connectivity index (χ2n) is 6.62. The number of nitrogens with zero attached hydrogens (tertiary/aromatic N) is 2. The summed E-state index contributed by atoms with van der Waals surface area (Å²) in [6, 6.07) is -0.211. The van der Waals surface area contributed by atoms with Gasteiger partial charge in [-0.05, 0) is 25.7 Å². The van der Waals surface area contributed by atoms with Crippen LogP contribution in [0.4, 0.5) is 13.2 Å². The maximum atomic E-state index is 12.8. The number of aromatic nitrogens is 1. The van der Waals surface area contributed by atoms with Crippen LogP contribution in [0.15, 0.2) is 10.6 Å². The van der Waals surface area contributed by atoms with Gasteiger partial charge in [0.05, 0.1) is 0 Å².